The summed E-state index contributed by atoms with van der Waals surface area (Å²) in [7, 11) is 0. The lowest BCUT2D eigenvalue weighted by molar-refractivity contribution is 0.301. The van der Waals surface area contributed by atoms with Gasteiger partial charge >= 0.3 is 0 Å². The molecule has 4 heteroatoms. The predicted octanol–water partition coefficient (Wildman–Crippen LogP) is 18.8. The summed E-state index contributed by atoms with van der Waals surface area (Å²) in [5.41, 5.74) is 32.5. The fourth-order valence-corrected chi connectivity index (χ4v) is 10.1. The van der Waals surface area contributed by atoms with Gasteiger partial charge in [0.05, 0.1) is 13.2 Å². The molecule has 0 atom stereocenters. The minimum atomic E-state index is 0.727. The van der Waals surface area contributed by atoms with Gasteiger partial charge < -0.3 is 20.9 Å². The highest BCUT2D eigenvalue weighted by atomic mass is 16.5. The van der Waals surface area contributed by atoms with Crippen LogP contribution in [0.4, 0.5) is 11.4 Å². The van der Waals surface area contributed by atoms with Crippen LogP contribution in [0.3, 0.4) is 0 Å². The van der Waals surface area contributed by atoms with E-state index in [4.69, 9.17) is 20.9 Å². The quantitative estimate of drug-likeness (QED) is 0.0556. The van der Waals surface area contributed by atoms with Gasteiger partial charge in [0.1, 0.15) is 11.5 Å². The Morgan fingerprint density at radius 2 is 0.486 bits per heavy atom. The molecule has 366 valence electrons. The van der Waals surface area contributed by atoms with E-state index < -0.39 is 0 Å². The predicted molar refractivity (Wildman–Crippen MR) is 313 cm³/mol. The van der Waals surface area contributed by atoms with Gasteiger partial charge in [-0.25, -0.2) is 0 Å². The molecule has 0 saturated carbocycles. The van der Waals surface area contributed by atoms with Crippen LogP contribution >= 0.6 is 0 Å². The smallest absolute Gasteiger partial charge is 0.119 e. The van der Waals surface area contributed by atoms with Crippen molar-refractivity contribution in [1.29, 1.82) is 0 Å². The molecule has 0 heterocycles. The fraction of sp³-hybridized carbons (Fsp3) is 0.143. The molecule has 10 aromatic carbocycles. The average Bonchev–Trinajstić information content (AvgIpc) is 3.47. The molecular formula is C70H64N2O2. The Hall–Kier alpha value is -8.60. The summed E-state index contributed by atoms with van der Waals surface area (Å²) in [6, 6.07) is 85.6. The summed E-state index contributed by atoms with van der Waals surface area (Å²) in [6.45, 7) is 1.45. The van der Waals surface area contributed by atoms with Crippen LogP contribution in [0.15, 0.2) is 243 Å². The number of rotatable bonds is 21. The van der Waals surface area contributed by atoms with Gasteiger partial charge in [0.2, 0.25) is 0 Å². The van der Waals surface area contributed by atoms with Crippen molar-refractivity contribution in [3.05, 3.63) is 243 Å². The molecule has 4 nitrogen and oxygen atoms in total. The highest BCUT2D eigenvalue weighted by Gasteiger charge is 2.19. The van der Waals surface area contributed by atoms with Crippen molar-refractivity contribution in [2.45, 2.75) is 51.4 Å². The van der Waals surface area contributed by atoms with Gasteiger partial charge in [0, 0.05) is 11.4 Å². The van der Waals surface area contributed by atoms with E-state index in [-0.39, 0.29) is 0 Å². The zero-order chi connectivity index (χ0) is 50.3. The minimum Gasteiger partial charge on any atom is -0.494 e. The third-order valence-electron chi connectivity index (χ3n) is 14.0. The zero-order valence-electron chi connectivity index (χ0n) is 42.1. The summed E-state index contributed by atoms with van der Waals surface area (Å²) in [4.78, 5) is 0. The molecular weight excluding hydrogens is 901 g/mol. The van der Waals surface area contributed by atoms with Crippen LogP contribution in [0.1, 0.15) is 51.4 Å². The first kappa shape index (κ1) is 49.0. The monoisotopic (exact) mass is 964 g/mol. The van der Waals surface area contributed by atoms with Crippen molar-refractivity contribution >= 4 is 11.4 Å². The first-order valence-corrected chi connectivity index (χ1v) is 26.3. The van der Waals surface area contributed by atoms with Gasteiger partial charge in [-0.1, -0.05) is 208 Å². The van der Waals surface area contributed by atoms with E-state index in [0.29, 0.717) is 0 Å². The molecule has 0 aliphatic carbocycles. The third-order valence-corrected chi connectivity index (χ3v) is 14.0. The lowest BCUT2D eigenvalue weighted by Gasteiger charge is -2.19. The molecule has 0 aromatic heterocycles. The standard InChI is InChI=1S/C70H64N2O2/c71-61-37-29-57(30-38-61)69-65(53-21-11-7-12-22-53)47-59(48-66(69)54-23-13-8-14-24-54)51-33-41-63(42-34-51)73-45-19-5-3-1-2-4-6-20-46-74-64-43-35-52(36-44-64)60-49-67(55-25-15-9-16-26-55)70(58-31-39-62(72)40-32-58)68(50-60)56-27-17-10-18-28-56/h7-18,21-44,47-50H,1-6,19-20,45-46,71-72H2. The van der Waals surface area contributed by atoms with E-state index in [0.717, 1.165) is 82.3 Å². The van der Waals surface area contributed by atoms with Crippen LogP contribution in [0.5, 0.6) is 11.5 Å². The van der Waals surface area contributed by atoms with E-state index in [1.165, 1.54) is 94.2 Å². The van der Waals surface area contributed by atoms with Gasteiger partial charge in [-0.2, -0.15) is 0 Å². The Kier molecular flexibility index (Phi) is 16.0. The number of hydrogen-bond acceptors (Lipinski definition) is 4. The van der Waals surface area contributed by atoms with Crippen molar-refractivity contribution in [3.8, 4) is 101 Å². The summed E-state index contributed by atoms with van der Waals surface area (Å²) in [6.07, 6.45) is 9.43. The number of benzene rings is 10. The van der Waals surface area contributed by atoms with Gasteiger partial charge in [-0.3, -0.25) is 0 Å². The Morgan fingerprint density at radius 1 is 0.230 bits per heavy atom. The third kappa shape index (κ3) is 12.2. The summed E-state index contributed by atoms with van der Waals surface area (Å²) in [5, 5.41) is 0. The van der Waals surface area contributed by atoms with Crippen molar-refractivity contribution in [3.63, 3.8) is 0 Å². The maximum atomic E-state index is 6.24. The molecule has 0 bridgehead atoms. The second-order valence-corrected chi connectivity index (χ2v) is 19.2. The molecule has 0 saturated heterocycles. The lowest BCUT2D eigenvalue weighted by atomic mass is 9.84. The van der Waals surface area contributed by atoms with Gasteiger partial charge in [0.15, 0.2) is 0 Å². The number of nitrogens with two attached hydrogens (primary N) is 2. The molecule has 0 radical (unpaired) electrons. The number of nitrogen functional groups attached to an aromatic ring is 2. The Bertz CT molecular complexity index is 2990. The normalized spacial score (nSPS) is 11.1. The largest absolute Gasteiger partial charge is 0.494 e. The second kappa shape index (κ2) is 24.2. The number of unbranched alkanes of at least 4 members (excludes halogenated alkanes) is 7. The van der Waals surface area contributed by atoms with E-state index in [9.17, 15) is 0 Å². The highest BCUT2D eigenvalue weighted by Crippen LogP contribution is 2.45. The fourth-order valence-electron chi connectivity index (χ4n) is 10.1. The molecule has 0 unspecified atom stereocenters. The molecule has 0 aliphatic heterocycles. The van der Waals surface area contributed by atoms with Crippen LogP contribution in [0, 0.1) is 0 Å². The summed E-state index contributed by atoms with van der Waals surface area (Å²) in [5.74, 6) is 1.82. The van der Waals surface area contributed by atoms with Crippen molar-refractivity contribution < 1.29 is 9.47 Å². The molecule has 10 aromatic rings. The lowest BCUT2D eigenvalue weighted by Crippen LogP contribution is -1.98. The Balaban J connectivity index is 0.681. The van der Waals surface area contributed by atoms with E-state index in [2.05, 4.69) is 218 Å². The zero-order valence-corrected chi connectivity index (χ0v) is 42.1. The van der Waals surface area contributed by atoms with Crippen LogP contribution in [-0.2, 0) is 0 Å². The molecule has 0 aliphatic rings. The number of anilines is 2. The molecule has 0 spiro atoms. The van der Waals surface area contributed by atoms with Gasteiger partial charge in [-0.15, -0.1) is 0 Å². The minimum absolute atomic E-state index is 0.727. The van der Waals surface area contributed by atoms with E-state index >= 15 is 0 Å². The van der Waals surface area contributed by atoms with Gasteiger partial charge in [0.25, 0.3) is 0 Å². The summed E-state index contributed by atoms with van der Waals surface area (Å²) >= 11 is 0. The molecule has 0 fully saturated rings. The summed E-state index contributed by atoms with van der Waals surface area (Å²) < 4.78 is 12.5. The molecule has 74 heavy (non-hydrogen) atoms. The Labute approximate surface area is 438 Å². The van der Waals surface area contributed by atoms with Crippen LogP contribution in [-0.4, -0.2) is 13.2 Å². The van der Waals surface area contributed by atoms with E-state index in [1.807, 2.05) is 24.3 Å². The van der Waals surface area contributed by atoms with Gasteiger partial charge in [-0.05, 0) is 175 Å². The average molecular weight is 965 g/mol. The maximum Gasteiger partial charge on any atom is 0.119 e. The van der Waals surface area contributed by atoms with Crippen molar-refractivity contribution in [1.82, 2.24) is 0 Å². The number of ether oxygens (including phenoxy) is 2. The first-order chi connectivity index (χ1) is 36.5. The van der Waals surface area contributed by atoms with E-state index in [1.54, 1.807) is 0 Å². The molecule has 10 rings (SSSR count). The topological polar surface area (TPSA) is 70.5 Å². The SMILES string of the molecule is Nc1ccc(-c2c(-c3ccccc3)cc(-c3ccc(OCCCCCCCCCCOc4ccc(-c5cc(-c6ccccc6)c(-c6ccc(N)cc6)c(-c6ccccc6)c5)cc4)cc3)cc2-c2ccccc2)cc1. The van der Waals surface area contributed by atoms with Crippen LogP contribution in [0.2, 0.25) is 0 Å². The Morgan fingerprint density at radius 3 is 0.770 bits per heavy atom. The second-order valence-electron chi connectivity index (χ2n) is 19.2. The number of hydrogen-bond donors (Lipinski definition) is 2. The molecule has 4 N–H and O–H groups in total. The first-order valence-electron chi connectivity index (χ1n) is 26.3. The highest BCUT2D eigenvalue weighted by molar-refractivity contribution is 5.99. The van der Waals surface area contributed by atoms with Crippen molar-refractivity contribution in [2.24, 2.45) is 0 Å². The van der Waals surface area contributed by atoms with Crippen LogP contribution in [0.25, 0.3) is 89.0 Å². The maximum absolute atomic E-state index is 6.24. The van der Waals surface area contributed by atoms with Crippen LogP contribution < -0.4 is 20.9 Å². The van der Waals surface area contributed by atoms with Crippen molar-refractivity contribution in [2.75, 3.05) is 24.7 Å². The molecule has 0 amide bonds.